The Morgan fingerprint density at radius 2 is 2.04 bits per heavy atom. The molecule has 3 amide bonds. The molecule has 25 heavy (non-hydrogen) atoms. The highest BCUT2D eigenvalue weighted by molar-refractivity contribution is 7.17. The number of nitrogens with zero attached hydrogens (tertiary/aromatic N) is 1. The van der Waals surface area contributed by atoms with Crippen LogP contribution in [-0.4, -0.2) is 30.4 Å². The second-order valence-corrected chi connectivity index (χ2v) is 7.14. The summed E-state index contributed by atoms with van der Waals surface area (Å²) in [5.41, 5.74) is 3.72. The number of fused-ring (bicyclic) bond motifs is 1. The van der Waals surface area contributed by atoms with Crippen molar-refractivity contribution in [2.75, 3.05) is 29.0 Å². The number of thiophene rings is 1. The van der Waals surface area contributed by atoms with Crippen LogP contribution in [-0.2, 0) is 17.8 Å². The molecule has 0 saturated carbocycles. The molecule has 0 fully saturated rings. The van der Waals surface area contributed by atoms with E-state index >= 15 is 0 Å². The number of likely N-dealkylation sites (N-methyl/N-ethyl adjacent to an activating group) is 1. The second-order valence-electron chi connectivity index (χ2n) is 6.03. The zero-order valence-corrected chi connectivity index (χ0v) is 15.2. The summed E-state index contributed by atoms with van der Waals surface area (Å²) in [5, 5.41) is 9.14. The van der Waals surface area contributed by atoms with Crippen LogP contribution < -0.4 is 16.0 Å². The van der Waals surface area contributed by atoms with Gasteiger partial charge < -0.3 is 10.6 Å². The molecule has 0 aliphatic carbocycles. The molecule has 1 aromatic heterocycles. The fourth-order valence-electron chi connectivity index (χ4n) is 2.93. The van der Waals surface area contributed by atoms with Gasteiger partial charge in [0.1, 0.15) is 5.00 Å². The van der Waals surface area contributed by atoms with Gasteiger partial charge in [0.05, 0.1) is 5.69 Å². The molecule has 132 valence electrons. The van der Waals surface area contributed by atoms with Crippen molar-refractivity contribution in [3.63, 3.8) is 0 Å². The van der Waals surface area contributed by atoms with Gasteiger partial charge in [0.25, 0.3) is 0 Å². The highest BCUT2D eigenvalue weighted by atomic mass is 32.1. The first-order chi connectivity index (χ1) is 12.1. The quantitative estimate of drug-likeness (QED) is 0.714. The number of urea groups is 1. The third kappa shape index (κ3) is 4.00. The van der Waals surface area contributed by atoms with Gasteiger partial charge in [-0.3, -0.25) is 15.0 Å². The van der Waals surface area contributed by atoms with E-state index in [1.807, 2.05) is 31.2 Å². The molecule has 3 rings (SSSR count). The summed E-state index contributed by atoms with van der Waals surface area (Å²) in [6.07, 6.45) is 1.54. The number of carbonyl (C=O) groups excluding carboxylic acids is 2. The van der Waals surface area contributed by atoms with Gasteiger partial charge >= 0.3 is 6.03 Å². The predicted molar refractivity (Wildman–Crippen MR) is 102 cm³/mol. The van der Waals surface area contributed by atoms with E-state index in [1.165, 1.54) is 16.2 Å². The summed E-state index contributed by atoms with van der Waals surface area (Å²) in [7, 11) is 0. The fourth-order valence-corrected chi connectivity index (χ4v) is 4.18. The van der Waals surface area contributed by atoms with E-state index in [9.17, 15) is 9.59 Å². The highest BCUT2D eigenvalue weighted by Gasteiger charge is 2.24. The van der Waals surface area contributed by atoms with Gasteiger partial charge in [-0.1, -0.05) is 24.6 Å². The van der Waals surface area contributed by atoms with Gasteiger partial charge in [-0.2, -0.15) is 0 Å². The van der Waals surface area contributed by atoms with Crippen molar-refractivity contribution in [2.45, 2.75) is 26.8 Å². The van der Waals surface area contributed by atoms with Crippen LogP contribution >= 0.6 is 11.3 Å². The molecule has 6 nitrogen and oxygen atoms in total. The fraction of sp³-hybridized carbons (Fsp3) is 0.333. The molecule has 0 saturated heterocycles. The Labute approximate surface area is 151 Å². The van der Waals surface area contributed by atoms with Crippen LogP contribution in [0.25, 0.3) is 0 Å². The van der Waals surface area contributed by atoms with Crippen molar-refractivity contribution in [2.24, 2.45) is 0 Å². The first-order valence-corrected chi connectivity index (χ1v) is 9.14. The van der Waals surface area contributed by atoms with Crippen LogP contribution in [0.1, 0.15) is 22.9 Å². The molecule has 2 heterocycles. The highest BCUT2D eigenvalue weighted by Crippen LogP contribution is 2.41. The minimum Gasteiger partial charge on any atom is -0.326 e. The van der Waals surface area contributed by atoms with Gasteiger partial charge in [-0.15, -0.1) is 11.3 Å². The molecule has 0 spiro atoms. The van der Waals surface area contributed by atoms with E-state index in [1.54, 1.807) is 0 Å². The van der Waals surface area contributed by atoms with E-state index in [0.717, 1.165) is 48.6 Å². The topological polar surface area (TPSA) is 73.5 Å². The molecule has 2 aromatic rings. The smallest absolute Gasteiger partial charge is 0.324 e. The lowest BCUT2D eigenvalue weighted by atomic mass is 10.1. The Morgan fingerprint density at radius 3 is 2.72 bits per heavy atom. The zero-order valence-electron chi connectivity index (χ0n) is 14.4. The number of rotatable bonds is 5. The molecule has 0 unspecified atom stereocenters. The Morgan fingerprint density at radius 1 is 1.28 bits per heavy atom. The molecular weight excluding hydrogens is 336 g/mol. The monoisotopic (exact) mass is 358 g/mol. The van der Waals surface area contributed by atoms with E-state index in [0.29, 0.717) is 11.4 Å². The molecule has 0 atom stereocenters. The third-order valence-corrected chi connectivity index (χ3v) is 5.46. The molecule has 1 aliphatic rings. The summed E-state index contributed by atoms with van der Waals surface area (Å²) in [4.78, 5) is 26.9. The third-order valence-electron chi connectivity index (χ3n) is 4.32. The summed E-state index contributed by atoms with van der Waals surface area (Å²) in [6, 6.07) is 7.29. The second kappa shape index (κ2) is 7.67. The van der Waals surface area contributed by atoms with Gasteiger partial charge in [-0.05, 0) is 37.6 Å². The number of hydrogen-bond acceptors (Lipinski definition) is 4. The Bertz CT molecular complexity index is 770. The van der Waals surface area contributed by atoms with Crippen LogP contribution in [0.3, 0.4) is 0 Å². The molecule has 1 aromatic carbocycles. The number of nitrogens with one attached hydrogen (secondary N) is 3. The lowest BCUT2D eigenvalue weighted by Crippen LogP contribution is -2.29. The van der Waals surface area contributed by atoms with Crippen molar-refractivity contribution in [1.82, 2.24) is 4.90 Å². The number of hydrogen-bond donors (Lipinski definition) is 3. The maximum atomic E-state index is 12.3. The van der Waals surface area contributed by atoms with E-state index < -0.39 is 0 Å². The van der Waals surface area contributed by atoms with Crippen molar-refractivity contribution < 1.29 is 9.59 Å². The number of amides is 3. The average Bonchev–Trinajstić information content (AvgIpc) is 2.93. The first kappa shape index (κ1) is 17.4. The maximum absolute atomic E-state index is 12.3. The van der Waals surface area contributed by atoms with Crippen molar-refractivity contribution in [1.29, 1.82) is 0 Å². The Kier molecular flexibility index (Phi) is 5.35. The van der Waals surface area contributed by atoms with Gasteiger partial charge in [0, 0.05) is 23.7 Å². The molecule has 3 N–H and O–H groups in total. The summed E-state index contributed by atoms with van der Waals surface area (Å²) in [5.74, 6) is 0. The molecule has 7 heteroatoms. The lowest BCUT2D eigenvalue weighted by molar-refractivity contribution is -0.105. The largest absolute Gasteiger partial charge is 0.326 e. The van der Waals surface area contributed by atoms with E-state index in [4.69, 9.17) is 0 Å². The number of carbonyl (C=O) groups is 2. The summed E-state index contributed by atoms with van der Waals surface area (Å²) >= 11 is 1.53. The van der Waals surface area contributed by atoms with Gasteiger partial charge in [0.15, 0.2) is 0 Å². The van der Waals surface area contributed by atoms with Crippen molar-refractivity contribution >= 4 is 40.2 Å². The number of benzene rings is 1. The number of aryl methyl sites for hydroxylation is 1. The van der Waals surface area contributed by atoms with Crippen LogP contribution in [0, 0.1) is 6.92 Å². The SMILES string of the molecule is CCN1CCc2c(sc(NC(=O)Nc3ccc(C)cc3)c2NC=O)C1. The Balaban J connectivity index is 1.77. The normalized spacial score (nSPS) is 13.8. The molecular formula is C18H22N4O2S. The summed E-state index contributed by atoms with van der Waals surface area (Å²) in [6.45, 7) is 6.94. The van der Waals surface area contributed by atoms with Crippen LogP contribution in [0.5, 0.6) is 0 Å². The minimum atomic E-state index is -0.316. The van der Waals surface area contributed by atoms with Crippen LogP contribution in [0.4, 0.5) is 21.2 Å². The van der Waals surface area contributed by atoms with Gasteiger partial charge in [0.2, 0.25) is 6.41 Å². The maximum Gasteiger partial charge on any atom is 0.324 e. The minimum absolute atomic E-state index is 0.316. The standard InChI is InChI=1S/C18H22N4O2S/c1-3-22-9-8-14-15(10-22)25-17(16(14)19-11-23)21-18(24)20-13-6-4-12(2)5-7-13/h4-7,11H,3,8-10H2,1-2H3,(H,19,23)(H2,20,21,24). The number of anilines is 3. The van der Waals surface area contributed by atoms with Crippen molar-refractivity contribution in [3.8, 4) is 0 Å². The van der Waals surface area contributed by atoms with Gasteiger partial charge in [-0.25, -0.2) is 4.79 Å². The predicted octanol–water partition coefficient (Wildman–Crippen LogP) is 3.65. The zero-order chi connectivity index (χ0) is 17.8. The van der Waals surface area contributed by atoms with Crippen LogP contribution in [0.2, 0.25) is 0 Å². The average molecular weight is 358 g/mol. The molecule has 0 bridgehead atoms. The van der Waals surface area contributed by atoms with E-state index in [2.05, 4.69) is 27.8 Å². The molecule has 1 aliphatic heterocycles. The first-order valence-electron chi connectivity index (χ1n) is 8.32. The Hall–Kier alpha value is -2.38. The summed E-state index contributed by atoms with van der Waals surface area (Å²) < 4.78 is 0. The van der Waals surface area contributed by atoms with E-state index in [-0.39, 0.29) is 6.03 Å². The van der Waals surface area contributed by atoms with Crippen LogP contribution in [0.15, 0.2) is 24.3 Å². The lowest BCUT2D eigenvalue weighted by Gasteiger charge is -2.25. The molecule has 0 radical (unpaired) electrons. The van der Waals surface area contributed by atoms with Crippen molar-refractivity contribution in [3.05, 3.63) is 40.3 Å².